The van der Waals surface area contributed by atoms with E-state index < -0.39 is 0 Å². The van der Waals surface area contributed by atoms with Crippen LogP contribution >= 0.6 is 22.9 Å². The van der Waals surface area contributed by atoms with E-state index in [1.165, 1.54) is 0 Å². The molecular weight excluding hydrogens is 282 g/mol. The molecule has 0 unspecified atom stereocenters. The van der Waals surface area contributed by atoms with Gasteiger partial charge in [-0.1, -0.05) is 11.6 Å². The number of aryl methyl sites for hydroxylation is 2. The number of hydrogen-bond donors (Lipinski definition) is 1. The number of nitrogens with two attached hydrogens (primary N) is 1. The third-order valence-electron chi connectivity index (χ3n) is 3.07. The highest BCUT2D eigenvalue weighted by atomic mass is 35.5. The van der Waals surface area contributed by atoms with Crippen LogP contribution < -0.4 is 5.73 Å². The number of hydrogen-bond acceptors (Lipinski definition) is 4. The minimum absolute atomic E-state index is 0.516. The number of thiophene rings is 1. The smallest absolute Gasteiger partial charge is 0.202 e. The summed E-state index contributed by atoms with van der Waals surface area (Å²) in [5.74, 6) is 0.516. The molecule has 0 saturated carbocycles. The van der Waals surface area contributed by atoms with E-state index in [0.29, 0.717) is 12.5 Å². The maximum atomic E-state index is 6.03. The van der Waals surface area contributed by atoms with Crippen molar-refractivity contribution in [3.8, 4) is 0 Å². The SMILES string of the molecule is CCn1nc(C)c2nc(N)n(Cc3ccc(Cl)s3)c21. The second-order valence-electron chi connectivity index (χ2n) is 4.34. The first-order chi connectivity index (χ1) is 9.10. The van der Waals surface area contributed by atoms with Gasteiger partial charge in [-0.05, 0) is 26.0 Å². The Labute approximate surface area is 119 Å². The Balaban J connectivity index is 2.14. The van der Waals surface area contributed by atoms with Crippen LogP contribution in [-0.4, -0.2) is 19.3 Å². The highest BCUT2D eigenvalue weighted by Gasteiger charge is 2.17. The molecule has 0 radical (unpaired) electrons. The van der Waals surface area contributed by atoms with Gasteiger partial charge < -0.3 is 5.73 Å². The first-order valence-corrected chi connectivity index (χ1v) is 7.23. The Morgan fingerprint density at radius 2 is 2.21 bits per heavy atom. The second kappa shape index (κ2) is 4.54. The monoisotopic (exact) mass is 295 g/mol. The molecule has 0 saturated heterocycles. The number of nitrogens with zero attached hydrogens (tertiary/aromatic N) is 4. The van der Waals surface area contributed by atoms with Crippen molar-refractivity contribution in [3.05, 3.63) is 27.0 Å². The second-order valence-corrected chi connectivity index (χ2v) is 6.13. The van der Waals surface area contributed by atoms with Crippen molar-refractivity contribution >= 4 is 40.0 Å². The molecule has 0 aliphatic heterocycles. The lowest BCUT2D eigenvalue weighted by Crippen LogP contribution is -2.08. The van der Waals surface area contributed by atoms with Crippen molar-refractivity contribution < 1.29 is 0 Å². The molecule has 0 aliphatic rings. The van der Waals surface area contributed by atoms with Crippen molar-refractivity contribution in [2.75, 3.05) is 5.73 Å². The van der Waals surface area contributed by atoms with Crippen molar-refractivity contribution in [2.45, 2.75) is 26.9 Å². The predicted molar refractivity (Wildman–Crippen MR) is 78.8 cm³/mol. The van der Waals surface area contributed by atoms with Crippen molar-refractivity contribution in [1.29, 1.82) is 0 Å². The van der Waals surface area contributed by atoms with Crippen molar-refractivity contribution in [1.82, 2.24) is 19.3 Å². The zero-order chi connectivity index (χ0) is 13.6. The largest absolute Gasteiger partial charge is 0.369 e. The Hall–Kier alpha value is -1.53. The highest BCUT2D eigenvalue weighted by molar-refractivity contribution is 7.16. The summed E-state index contributed by atoms with van der Waals surface area (Å²) in [5.41, 5.74) is 8.79. The normalized spacial score (nSPS) is 11.5. The first-order valence-electron chi connectivity index (χ1n) is 6.03. The number of nitrogen functional groups attached to an aromatic ring is 1. The number of fused-ring (bicyclic) bond motifs is 1. The zero-order valence-corrected chi connectivity index (χ0v) is 12.3. The quantitative estimate of drug-likeness (QED) is 0.808. The predicted octanol–water partition coefficient (Wildman–Crippen LogP) is 2.91. The van der Waals surface area contributed by atoms with Crippen LogP contribution in [-0.2, 0) is 13.1 Å². The minimum atomic E-state index is 0.516. The van der Waals surface area contributed by atoms with Gasteiger partial charge in [0.05, 0.1) is 16.6 Å². The molecule has 7 heteroatoms. The van der Waals surface area contributed by atoms with Gasteiger partial charge in [-0.15, -0.1) is 11.3 Å². The molecule has 0 aromatic carbocycles. The van der Waals surface area contributed by atoms with Gasteiger partial charge in [0.1, 0.15) is 5.52 Å². The Kier molecular flexibility index (Phi) is 2.99. The van der Waals surface area contributed by atoms with Gasteiger partial charge in [-0.2, -0.15) is 5.10 Å². The van der Waals surface area contributed by atoms with E-state index in [1.54, 1.807) is 11.3 Å². The molecule has 3 aromatic heterocycles. The standard InChI is InChI=1S/C12H14ClN5S/c1-3-18-11-10(7(2)16-18)15-12(14)17(11)6-8-4-5-9(13)19-8/h4-5H,3,6H2,1-2H3,(H2,14,15). The summed E-state index contributed by atoms with van der Waals surface area (Å²) in [6, 6.07) is 3.91. The number of anilines is 1. The van der Waals surface area contributed by atoms with Crippen LogP contribution in [0.25, 0.3) is 11.2 Å². The van der Waals surface area contributed by atoms with Crippen LogP contribution in [0.3, 0.4) is 0 Å². The fourth-order valence-electron chi connectivity index (χ4n) is 2.21. The number of imidazole rings is 1. The molecule has 0 fully saturated rings. The average molecular weight is 296 g/mol. The molecule has 19 heavy (non-hydrogen) atoms. The van der Waals surface area contributed by atoms with Crippen LogP contribution in [0.2, 0.25) is 4.34 Å². The van der Waals surface area contributed by atoms with Crippen LogP contribution in [0.15, 0.2) is 12.1 Å². The summed E-state index contributed by atoms with van der Waals surface area (Å²) < 4.78 is 4.70. The van der Waals surface area contributed by atoms with E-state index in [-0.39, 0.29) is 0 Å². The van der Waals surface area contributed by atoms with Crippen molar-refractivity contribution in [2.24, 2.45) is 0 Å². The number of rotatable bonds is 3. The Morgan fingerprint density at radius 1 is 1.42 bits per heavy atom. The number of aromatic nitrogens is 4. The third kappa shape index (κ3) is 2.01. The van der Waals surface area contributed by atoms with Gasteiger partial charge in [0, 0.05) is 11.4 Å². The van der Waals surface area contributed by atoms with E-state index in [0.717, 1.165) is 32.6 Å². The minimum Gasteiger partial charge on any atom is -0.369 e. The van der Waals surface area contributed by atoms with E-state index in [9.17, 15) is 0 Å². The molecule has 0 amide bonds. The first kappa shape index (κ1) is 12.5. The van der Waals surface area contributed by atoms with Gasteiger partial charge in [0.25, 0.3) is 0 Å². The Morgan fingerprint density at radius 3 is 2.84 bits per heavy atom. The lowest BCUT2D eigenvalue weighted by Gasteiger charge is -2.06. The molecule has 2 N–H and O–H groups in total. The lowest BCUT2D eigenvalue weighted by atomic mass is 10.4. The van der Waals surface area contributed by atoms with E-state index in [1.807, 2.05) is 28.3 Å². The van der Waals surface area contributed by atoms with Gasteiger partial charge in [0.15, 0.2) is 5.65 Å². The third-order valence-corrected chi connectivity index (χ3v) is 4.29. The van der Waals surface area contributed by atoms with Gasteiger partial charge >= 0.3 is 0 Å². The summed E-state index contributed by atoms with van der Waals surface area (Å²) in [4.78, 5) is 5.56. The van der Waals surface area contributed by atoms with Crippen LogP contribution in [0.1, 0.15) is 17.5 Å². The van der Waals surface area contributed by atoms with E-state index >= 15 is 0 Å². The molecule has 100 valence electrons. The van der Waals surface area contributed by atoms with Crippen LogP contribution in [0.4, 0.5) is 5.95 Å². The highest BCUT2D eigenvalue weighted by Crippen LogP contribution is 2.26. The topological polar surface area (TPSA) is 61.7 Å². The van der Waals surface area contributed by atoms with E-state index in [4.69, 9.17) is 17.3 Å². The molecule has 3 aromatic rings. The fourth-order valence-corrected chi connectivity index (χ4v) is 3.29. The van der Waals surface area contributed by atoms with Gasteiger partial charge in [-0.25, -0.2) is 9.67 Å². The zero-order valence-electron chi connectivity index (χ0n) is 10.7. The molecular formula is C12H14ClN5S. The summed E-state index contributed by atoms with van der Waals surface area (Å²) in [6.07, 6.45) is 0. The molecule has 5 nitrogen and oxygen atoms in total. The molecule has 0 bridgehead atoms. The molecule has 0 spiro atoms. The Bertz CT molecular complexity index is 739. The van der Waals surface area contributed by atoms with Crippen LogP contribution in [0.5, 0.6) is 0 Å². The molecule has 0 aliphatic carbocycles. The average Bonchev–Trinajstić information content (AvgIpc) is 3.00. The summed E-state index contributed by atoms with van der Waals surface area (Å²) in [7, 11) is 0. The fraction of sp³-hybridized carbons (Fsp3) is 0.333. The van der Waals surface area contributed by atoms with Gasteiger partial charge in [0.2, 0.25) is 5.95 Å². The summed E-state index contributed by atoms with van der Waals surface area (Å²) >= 11 is 7.52. The summed E-state index contributed by atoms with van der Waals surface area (Å²) in [6.45, 7) is 5.47. The molecule has 3 rings (SSSR count). The molecule has 0 atom stereocenters. The number of halogens is 1. The van der Waals surface area contributed by atoms with Crippen molar-refractivity contribution in [3.63, 3.8) is 0 Å². The summed E-state index contributed by atoms with van der Waals surface area (Å²) in [5, 5.41) is 4.47. The lowest BCUT2D eigenvalue weighted by molar-refractivity contribution is 0.649. The van der Waals surface area contributed by atoms with Crippen LogP contribution in [0, 0.1) is 6.92 Å². The molecule has 3 heterocycles. The van der Waals surface area contributed by atoms with Gasteiger partial charge in [-0.3, -0.25) is 4.57 Å². The van der Waals surface area contributed by atoms with E-state index in [2.05, 4.69) is 17.0 Å². The maximum Gasteiger partial charge on any atom is 0.202 e. The maximum absolute atomic E-state index is 6.03.